The van der Waals surface area contributed by atoms with Gasteiger partial charge in [-0.3, -0.25) is 14.5 Å². The van der Waals surface area contributed by atoms with Gasteiger partial charge in [-0.15, -0.1) is 0 Å². The van der Waals surface area contributed by atoms with Crippen LogP contribution >= 0.6 is 0 Å². The van der Waals surface area contributed by atoms with Gasteiger partial charge in [-0.1, -0.05) is 12.1 Å². The second kappa shape index (κ2) is 6.06. The molecule has 110 valence electrons. The number of carbonyl (C=O) groups excluding carboxylic acids is 2. The number of imide groups is 1. The van der Waals surface area contributed by atoms with Gasteiger partial charge < -0.3 is 0 Å². The standard InChI is InChI=1S/C14H14N2O4S/c15-7-3-4-9-21(19,20)10-8-16-13(17)11-5-1-2-6-12(11)14(16)18/h1-2,5-6H,3-4,8-10H2. The molecule has 6 nitrogen and oxygen atoms in total. The molecular weight excluding hydrogens is 292 g/mol. The van der Waals surface area contributed by atoms with E-state index in [0.29, 0.717) is 11.1 Å². The van der Waals surface area contributed by atoms with Crippen LogP contribution in [0.1, 0.15) is 33.6 Å². The normalized spacial score (nSPS) is 14.1. The molecule has 0 bridgehead atoms. The lowest BCUT2D eigenvalue weighted by Crippen LogP contribution is -2.34. The number of fused-ring (bicyclic) bond motifs is 1. The molecule has 0 unspecified atom stereocenters. The van der Waals surface area contributed by atoms with Gasteiger partial charge in [-0.05, 0) is 18.6 Å². The fraction of sp³-hybridized carbons (Fsp3) is 0.357. The highest BCUT2D eigenvalue weighted by atomic mass is 32.2. The number of hydrogen-bond acceptors (Lipinski definition) is 5. The molecule has 0 spiro atoms. The Morgan fingerprint density at radius 3 is 2.14 bits per heavy atom. The number of carbonyl (C=O) groups is 2. The van der Waals surface area contributed by atoms with E-state index in [4.69, 9.17) is 5.26 Å². The summed E-state index contributed by atoms with van der Waals surface area (Å²) in [4.78, 5) is 25.1. The predicted octanol–water partition coefficient (Wildman–Crippen LogP) is 1.00. The van der Waals surface area contributed by atoms with E-state index in [-0.39, 0.29) is 30.9 Å². The van der Waals surface area contributed by atoms with E-state index in [9.17, 15) is 18.0 Å². The van der Waals surface area contributed by atoms with E-state index in [0.717, 1.165) is 4.90 Å². The molecule has 0 atom stereocenters. The van der Waals surface area contributed by atoms with Crippen molar-refractivity contribution in [2.75, 3.05) is 18.1 Å². The second-order valence-corrected chi connectivity index (χ2v) is 7.02. The van der Waals surface area contributed by atoms with Gasteiger partial charge in [0.2, 0.25) is 0 Å². The molecule has 0 saturated heterocycles. The fourth-order valence-electron chi connectivity index (χ4n) is 2.15. The number of unbranched alkanes of at least 4 members (excludes halogenated alkanes) is 1. The third kappa shape index (κ3) is 3.28. The molecule has 0 saturated carbocycles. The molecule has 0 radical (unpaired) electrons. The number of amides is 2. The van der Waals surface area contributed by atoms with Crippen molar-refractivity contribution >= 4 is 21.7 Å². The lowest BCUT2D eigenvalue weighted by molar-refractivity contribution is 0.0664. The Kier molecular flexibility index (Phi) is 4.38. The quantitative estimate of drug-likeness (QED) is 0.577. The van der Waals surface area contributed by atoms with E-state index >= 15 is 0 Å². The maximum Gasteiger partial charge on any atom is 0.261 e. The van der Waals surface area contributed by atoms with Crippen LogP contribution in [0.5, 0.6) is 0 Å². The average Bonchev–Trinajstić information content (AvgIpc) is 2.70. The molecule has 0 N–H and O–H groups in total. The Bertz CT molecular complexity index is 684. The summed E-state index contributed by atoms with van der Waals surface area (Å²) < 4.78 is 23.6. The van der Waals surface area contributed by atoms with Crippen LogP contribution in [-0.4, -0.2) is 43.2 Å². The summed E-state index contributed by atoms with van der Waals surface area (Å²) >= 11 is 0. The summed E-state index contributed by atoms with van der Waals surface area (Å²) in [5.41, 5.74) is 0.619. The van der Waals surface area contributed by atoms with Crippen molar-refractivity contribution in [1.82, 2.24) is 4.90 Å². The minimum Gasteiger partial charge on any atom is -0.273 e. The van der Waals surface area contributed by atoms with Gasteiger partial charge in [0.25, 0.3) is 11.8 Å². The van der Waals surface area contributed by atoms with Gasteiger partial charge in [-0.2, -0.15) is 5.26 Å². The monoisotopic (exact) mass is 306 g/mol. The van der Waals surface area contributed by atoms with Crippen molar-refractivity contribution in [2.45, 2.75) is 12.8 Å². The maximum absolute atomic E-state index is 12.1. The smallest absolute Gasteiger partial charge is 0.261 e. The van der Waals surface area contributed by atoms with E-state index < -0.39 is 21.7 Å². The van der Waals surface area contributed by atoms with Crippen molar-refractivity contribution in [3.8, 4) is 6.07 Å². The zero-order valence-electron chi connectivity index (χ0n) is 11.3. The van der Waals surface area contributed by atoms with Gasteiger partial charge in [0.1, 0.15) is 0 Å². The highest BCUT2D eigenvalue weighted by Crippen LogP contribution is 2.22. The zero-order chi connectivity index (χ0) is 15.5. The molecule has 21 heavy (non-hydrogen) atoms. The van der Waals surface area contributed by atoms with Crippen LogP contribution in [0.4, 0.5) is 0 Å². The average molecular weight is 306 g/mol. The summed E-state index contributed by atoms with van der Waals surface area (Å²) in [5, 5.41) is 8.39. The van der Waals surface area contributed by atoms with Gasteiger partial charge in [0.05, 0.1) is 28.7 Å². The van der Waals surface area contributed by atoms with E-state index in [1.54, 1.807) is 24.3 Å². The predicted molar refractivity (Wildman–Crippen MR) is 75.3 cm³/mol. The van der Waals surface area contributed by atoms with Crippen molar-refractivity contribution in [1.29, 1.82) is 5.26 Å². The first kappa shape index (κ1) is 15.2. The molecule has 1 aliphatic rings. The fourth-order valence-corrected chi connectivity index (χ4v) is 3.39. The van der Waals surface area contributed by atoms with Gasteiger partial charge >= 0.3 is 0 Å². The molecule has 1 aromatic rings. The number of nitrogens with zero attached hydrogens (tertiary/aromatic N) is 2. The zero-order valence-corrected chi connectivity index (χ0v) is 12.1. The van der Waals surface area contributed by atoms with Crippen molar-refractivity contribution in [3.63, 3.8) is 0 Å². The molecule has 7 heteroatoms. The van der Waals surface area contributed by atoms with Crippen LogP contribution < -0.4 is 0 Å². The Morgan fingerprint density at radius 1 is 1.05 bits per heavy atom. The van der Waals surface area contributed by atoms with E-state index in [1.165, 1.54) is 0 Å². The first-order valence-corrected chi connectivity index (χ1v) is 8.31. The molecule has 1 heterocycles. The molecular formula is C14H14N2O4S. The van der Waals surface area contributed by atoms with Crippen LogP contribution in [-0.2, 0) is 9.84 Å². The molecule has 1 aromatic carbocycles. The largest absolute Gasteiger partial charge is 0.273 e. The number of rotatable bonds is 6. The molecule has 0 aromatic heterocycles. The van der Waals surface area contributed by atoms with E-state index in [2.05, 4.69) is 0 Å². The summed E-state index contributed by atoms with van der Waals surface area (Å²) in [5.74, 6) is -1.29. The Labute approximate surface area is 122 Å². The Balaban J connectivity index is 2.01. The third-order valence-electron chi connectivity index (χ3n) is 3.25. The van der Waals surface area contributed by atoms with Crippen molar-refractivity contribution in [2.24, 2.45) is 0 Å². The Hall–Kier alpha value is -2.20. The number of nitriles is 1. The van der Waals surface area contributed by atoms with Crippen molar-refractivity contribution < 1.29 is 18.0 Å². The van der Waals surface area contributed by atoms with Crippen LogP contribution in [0.25, 0.3) is 0 Å². The topological polar surface area (TPSA) is 95.3 Å². The molecule has 0 fully saturated rings. The van der Waals surface area contributed by atoms with Gasteiger partial charge in [-0.25, -0.2) is 8.42 Å². The van der Waals surface area contributed by atoms with Gasteiger partial charge in [0, 0.05) is 13.0 Å². The highest BCUT2D eigenvalue weighted by Gasteiger charge is 2.35. The van der Waals surface area contributed by atoms with Crippen LogP contribution in [0.3, 0.4) is 0 Å². The minimum atomic E-state index is -3.37. The van der Waals surface area contributed by atoms with Crippen LogP contribution in [0, 0.1) is 11.3 Å². The summed E-state index contributed by atoms with van der Waals surface area (Å²) in [6.07, 6.45) is 0.438. The van der Waals surface area contributed by atoms with Crippen LogP contribution in [0.2, 0.25) is 0 Å². The first-order valence-electron chi connectivity index (χ1n) is 6.49. The lowest BCUT2D eigenvalue weighted by Gasteiger charge is -2.13. The number of hydrogen-bond donors (Lipinski definition) is 0. The molecule has 2 amide bonds. The van der Waals surface area contributed by atoms with Gasteiger partial charge in [0.15, 0.2) is 9.84 Å². The highest BCUT2D eigenvalue weighted by molar-refractivity contribution is 7.91. The molecule has 0 aliphatic carbocycles. The second-order valence-electron chi connectivity index (χ2n) is 4.72. The summed E-state index contributed by atoms with van der Waals surface area (Å²) in [6.45, 7) is -0.152. The minimum absolute atomic E-state index is 0.107. The molecule has 1 aliphatic heterocycles. The lowest BCUT2D eigenvalue weighted by atomic mass is 10.1. The van der Waals surface area contributed by atoms with Crippen molar-refractivity contribution in [3.05, 3.63) is 35.4 Å². The maximum atomic E-state index is 12.1. The number of sulfone groups is 1. The summed E-state index contributed by atoms with van der Waals surface area (Å²) in [7, 11) is -3.37. The summed E-state index contributed by atoms with van der Waals surface area (Å²) in [6, 6.07) is 8.30. The van der Waals surface area contributed by atoms with E-state index in [1.807, 2.05) is 6.07 Å². The Morgan fingerprint density at radius 2 is 1.62 bits per heavy atom. The van der Waals surface area contributed by atoms with Crippen LogP contribution in [0.15, 0.2) is 24.3 Å². The number of benzene rings is 1. The SMILES string of the molecule is N#CCCCS(=O)(=O)CCN1C(=O)c2ccccc2C1=O. The molecule has 2 rings (SSSR count). The third-order valence-corrected chi connectivity index (χ3v) is 4.96. The first-order chi connectivity index (χ1) is 9.96.